The van der Waals surface area contributed by atoms with Crippen LogP contribution in [0.25, 0.3) is 66.3 Å². The minimum absolute atomic E-state index is 0.442. The molecular formula is C48H32N4O. The van der Waals surface area contributed by atoms with Gasteiger partial charge in [-0.3, -0.25) is 4.99 Å². The standard InChI is InChI=1S/C48H32N4O/c1-51-46(33-20-9-4-10-21-33)38(30-49)45(32-18-7-3-8-19-32)50-48(51)37-24-15-26-40(43(37)31-16-5-2-6-17-31)52-39-25-13-11-23-36(39)44-41(52)29-28-35-34-22-12-14-27-42(34)53-47(35)44/h2-29,48H,1H3. The molecule has 0 radical (unpaired) electrons. The molecule has 53 heavy (non-hydrogen) atoms. The number of para-hydroxylation sites is 2. The van der Waals surface area contributed by atoms with Gasteiger partial charge in [0.2, 0.25) is 0 Å². The Hall–Kier alpha value is -7.16. The lowest BCUT2D eigenvalue weighted by Gasteiger charge is -2.36. The molecule has 0 saturated heterocycles. The highest BCUT2D eigenvalue weighted by atomic mass is 16.3. The van der Waals surface area contributed by atoms with Gasteiger partial charge >= 0.3 is 0 Å². The zero-order valence-electron chi connectivity index (χ0n) is 28.9. The van der Waals surface area contributed by atoms with E-state index in [-0.39, 0.29) is 0 Å². The van der Waals surface area contributed by atoms with Crippen LogP contribution in [-0.2, 0) is 0 Å². The minimum Gasteiger partial charge on any atom is -0.455 e. The van der Waals surface area contributed by atoms with Crippen LogP contribution in [0.2, 0.25) is 0 Å². The van der Waals surface area contributed by atoms with Crippen molar-refractivity contribution >= 4 is 55.2 Å². The molecule has 0 bridgehead atoms. The van der Waals surface area contributed by atoms with Gasteiger partial charge in [-0.15, -0.1) is 0 Å². The summed E-state index contributed by atoms with van der Waals surface area (Å²) >= 11 is 0. The number of benzene rings is 7. The average molecular weight is 681 g/mol. The predicted molar refractivity (Wildman–Crippen MR) is 216 cm³/mol. The van der Waals surface area contributed by atoms with Gasteiger partial charge in [-0.25, -0.2) is 0 Å². The molecule has 0 amide bonds. The molecule has 9 aromatic rings. The molecule has 1 aliphatic heterocycles. The molecule has 7 aromatic carbocycles. The quantitative estimate of drug-likeness (QED) is 0.182. The normalized spacial score (nSPS) is 14.7. The first-order chi connectivity index (χ1) is 26.2. The van der Waals surface area contributed by atoms with Crippen molar-refractivity contribution in [2.75, 3.05) is 7.05 Å². The maximum absolute atomic E-state index is 10.7. The molecule has 2 aromatic heterocycles. The zero-order valence-corrected chi connectivity index (χ0v) is 28.9. The summed E-state index contributed by atoms with van der Waals surface area (Å²) in [6.07, 6.45) is -0.442. The third-order valence-corrected chi connectivity index (χ3v) is 10.5. The summed E-state index contributed by atoms with van der Waals surface area (Å²) in [6.45, 7) is 0. The van der Waals surface area contributed by atoms with Gasteiger partial charge in [-0.05, 0) is 41.5 Å². The fourth-order valence-electron chi connectivity index (χ4n) is 8.20. The first-order valence-corrected chi connectivity index (χ1v) is 17.8. The van der Waals surface area contributed by atoms with E-state index in [0.29, 0.717) is 11.3 Å². The Bertz CT molecular complexity index is 2970. The first kappa shape index (κ1) is 30.6. The van der Waals surface area contributed by atoms with E-state index >= 15 is 0 Å². The number of fused-ring (bicyclic) bond motifs is 7. The highest BCUT2D eigenvalue weighted by Gasteiger charge is 2.33. The van der Waals surface area contributed by atoms with Gasteiger partial charge in [0.05, 0.1) is 33.5 Å². The van der Waals surface area contributed by atoms with Crippen LogP contribution in [0.15, 0.2) is 185 Å². The third kappa shape index (κ3) is 4.73. The van der Waals surface area contributed by atoms with Gasteiger partial charge < -0.3 is 13.9 Å². The van der Waals surface area contributed by atoms with Crippen molar-refractivity contribution in [1.29, 1.82) is 5.26 Å². The van der Waals surface area contributed by atoms with E-state index in [1.807, 2.05) is 60.7 Å². The number of rotatable bonds is 5. The number of hydrogen-bond acceptors (Lipinski definition) is 4. The van der Waals surface area contributed by atoms with E-state index in [9.17, 15) is 5.26 Å². The lowest BCUT2D eigenvalue weighted by molar-refractivity contribution is 0.363. The first-order valence-electron chi connectivity index (χ1n) is 17.8. The second kappa shape index (κ2) is 12.3. The summed E-state index contributed by atoms with van der Waals surface area (Å²) in [7, 11) is 2.05. The molecule has 5 nitrogen and oxygen atoms in total. The van der Waals surface area contributed by atoms with Crippen LogP contribution in [0.3, 0.4) is 0 Å². The fourth-order valence-corrected chi connectivity index (χ4v) is 8.20. The van der Waals surface area contributed by atoms with E-state index in [4.69, 9.17) is 9.41 Å². The number of allylic oxidation sites excluding steroid dienone is 1. The van der Waals surface area contributed by atoms with Crippen molar-refractivity contribution in [3.63, 3.8) is 0 Å². The van der Waals surface area contributed by atoms with Crippen LogP contribution in [0.1, 0.15) is 22.9 Å². The van der Waals surface area contributed by atoms with E-state index in [0.717, 1.165) is 82.9 Å². The van der Waals surface area contributed by atoms with Gasteiger partial charge in [0, 0.05) is 39.9 Å². The van der Waals surface area contributed by atoms with Crippen LogP contribution < -0.4 is 0 Å². The Kier molecular flexibility index (Phi) is 7.09. The maximum Gasteiger partial charge on any atom is 0.148 e. The molecule has 0 saturated carbocycles. The number of aromatic nitrogens is 1. The summed E-state index contributed by atoms with van der Waals surface area (Å²) in [4.78, 5) is 7.63. The van der Waals surface area contributed by atoms with Crippen LogP contribution in [-0.4, -0.2) is 22.2 Å². The topological polar surface area (TPSA) is 57.5 Å². The molecule has 1 unspecified atom stereocenters. The summed E-state index contributed by atoms with van der Waals surface area (Å²) in [6, 6.07) is 61.2. The molecule has 5 heteroatoms. The zero-order chi connectivity index (χ0) is 35.5. The summed E-state index contributed by atoms with van der Waals surface area (Å²) < 4.78 is 9.01. The molecular weight excluding hydrogens is 649 g/mol. The van der Waals surface area contributed by atoms with Gasteiger partial charge in [0.15, 0.2) is 0 Å². The molecule has 1 atom stereocenters. The van der Waals surface area contributed by atoms with E-state index in [2.05, 4.69) is 132 Å². The summed E-state index contributed by atoms with van der Waals surface area (Å²) in [5.74, 6) is 0. The molecule has 250 valence electrons. The smallest absolute Gasteiger partial charge is 0.148 e. The maximum atomic E-state index is 10.7. The molecule has 0 N–H and O–H groups in total. The minimum atomic E-state index is -0.442. The third-order valence-electron chi connectivity index (χ3n) is 10.5. The fraction of sp³-hybridized carbons (Fsp3) is 0.0417. The van der Waals surface area contributed by atoms with E-state index in [1.165, 1.54) is 0 Å². The molecule has 1 aliphatic rings. The largest absolute Gasteiger partial charge is 0.455 e. The second-order valence-electron chi connectivity index (χ2n) is 13.4. The number of hydrogen-bond donors (Lipinski definition) is 0. The average Bonchev–Trinajstić information content (AvgIpc) is 3.77. The number of aliphatic imine (C=N–C) groups is 1. The van der Waals surface area contributed by atoms with Crippen LogP contribution in [0, 0.1) is 11.3 Å². The van der Waals surface area contributed by atoms with E-state index in [1.54, 1.807) is 0 Å². The number of nitriles is 1. The Labute approximate surface area is 306 Å². The Balaban J connectivity index is 1.28. The van der Waals surface area contributed by atoms with Gasteiger partial charge in [0.1, 0.15) is 29.0 Å². The van der Waals surface area contributed by atoms with Crippen LogP contribution in [0.4, 0.5) is 0 Å². The molecule has 0 aliphatic carbocycles. The Morgan fingerprint density at radius 3 is 1.96 bits per heavy atom. The van der Waals surface area contributed by atoms with Crippen molar-refractivity contribution in [3.05, 3.63) is 192 Å². The summed E-state index contributed by atoms with van der Waals surface area (Å²) in [5.41, 5.74) is 12.1. The van der Waals surface area contributed by atoms with E-state index < -0.39 is 6.17 Å². The van der Waals surface area contributed by atoms with Gasteiger partial charge in [-0.1, -0.05) is 140 Å². The van der Waals surface area contributed by atoms with Gasteiger partial charge in [-0.2, -0.15) is 5.26 Å². The number of furan rings is 1. The van der Waals surface area contributed by atoms with Crippen molar-refractivity contribution in [1.82, 2.24) is 9.47 Å². The SMILES string of the molecule is CN1C(c2ccccc2)=C(C#N)C(c2ccccc2)=NC1c1cccc(-n2c3ccccc3c3c4oc5ccccc5c4ccc32)c1-c1ccccc1. The predicted octanol–water partition coefficient (Wildman–Crippen LogP) is 11.7. The molecule has 10 rings (SSSR count). The Morgan fingerprint density at radius 2 is 1.23 bits per heavy atom. The van der Waals surface area contributed by atoms with Crippen molar-refractivity contribution < 1.29 is 4.42 Å². The van der Waals surface area contributed by atoms with Crippen molar-refractivity contribution in [2.24, 2.45) is 4.99 Å². The highest BCUT2D eigenvalue weighted by molar-refractivity contribution is 6.24. The van der Waals surface area contributed by atoms with Crippen LogP contribution in [0.5, 0.6) is 0 Å². The molecule has 0 spiro atoms. The molecule has 0 fully saturated rings. The lowest BCUT2D eigenvalue weighted by Crippen LogP contribution is -2.30. The number of nitrogens with zero attached hydrogens (tertiary/aromatic N) is 4. The second-order valence-corrected chi connectivity index (χ2v) is 13.4. The highest BCUT2D eigenvalue weighted by Crippen LogP contribution is 2.46. The monoisotopic (exact) mass is 680 g/mol. The van der Waals surface area contributed by atoms with Crippen molar-refractivity contribution in [3.8, 4) is 22.9 Å². The summed E-state index contributed by atoms with van der Waals surface area (Å²) in [5, 5.41) is 15.2. The Morgan fingerprint density at radius 1 is 0.585 bits per heavy atom. The van der Waals surface area contributed by atoms with Crippen molar-refractivity contribution in [2.45, 2.75) is 6.17 Å². The molecule has 3 heterocycles. The van der Waals surface area contributed by atoms with Gasteiger partial charge in [0.25, 0.3) is 0 Å². The van der Waals surface area contributed by atoms with Crippen LogP contribution >= 0.6 is 0 Å². The lowest BCUT2D eigenvalue weighted by atomic mass is 9.91.